The van der Waals surface area contributed by atoms with Crippen LogP contribution in [0.2, 0.25) is 0 Å². The maximum atomic E-state index is 5.09. The van der Waals surface area contributed by atoms with Crippen LogP contribution in [0, 0.1) is 6.92 Å². The Labute approximate surface area is 192 Å². The fourth-order valence-electron chi connectivity index (χ4n) is 2.97. The van der Waals surface area contributed by atoms with Gasteiger partial charge in [0, 0.05) is 65.9 Å². The molecule has 0 saturated carbocycles. The number of nitrogens with one attached hydrogen (secondary N) is 2. The molecule has 1 heterocycles. The monoisotopic (exact) mass is 514 g/mol. The summed E-state index contributed by atoms with van der Waals surface area (Å²) in [6.07, 6.45) is 4.90. The molecule has 0 unspecified atom stereocenters. The minimum Gasteiger partial charge on any atom is -0.385 e. The predicted octanol–water partition coefficient (Wildman–Crippen LogP) is 2.49. The van der Waals surface area contributed by atoms with Crippen molar-refractivity contribution in [3.05, 3.63) is 53.6 Å². The lowest BCUT2D eigenvalue weighted by molar-refractivity contribution is 0.180. The Morgan fingerprint density at radius 3 is 2.72 bits per heavy atom. The van der Waals surface area contributed by atoms with Crippen LogP contribution in [0.15, 0.2) is 41.7 Å². The standard InChI is InChI=1S/C21H34N6O.HI/c1-18-23-10-13-27(18)17-20-8-5-7-19(15-20)16-25-21(22-2)24-9-12-26(3)11-6-14-28-4;/h5,7-8,10,13,15H,6,9,11-12,14,16-17H2,1-4H3,(H2,22,24,25);1H. The van der Waals surface area contributed by atoms with Crippen LogP contribution in [0.25, 0.3) is 0 Å². The second-order valence-corrected chi connectivity index (χ2v) is 6.92. The molecule has 0 aliphatic heterocycles. The van der Waals surface area contributed by atoms with Crippen LogP contribution in [-0.4, -0.2) is 67.9 Å². The first-order valence-corrected chi connectivity index (χ1v) is 9.80. The van der Waals surface area contributed by atoms with Gasteiger partial charge < -0.3 is 24.8 Å². The van der Waals surface area contributed by atoms with Crippen molar-refractivity contribution in [3.8, 4) is 0 Å². The highest BCUT2D eigenvalue weighted by atomic mass is 127. The molecule has 0 fully saturated rings. The van der Waals surface area contributed by atoms with Crippen molar-refractivity contribution in [2.45, 2.75) is 26.4 Å². The molecule has 1 aromatic heterocycles. The Morgan fingerprint density at radius 1 is 1.24 bits per heavy atom. The summed E-state index contributed by atoms with van der Waals surface area (Å²) in [5.74, 6) is 1.85. The predicted molar refractivity (Wildman–Crippen MR) is 130 cm³/mol. The van der Waals surface area contributed by atoms with Gasteiger partial charge in [0.15, 0.2) is 5.96 Å². The van der Waals surface area contributed by atoms with E-state index >= 15 is 0 Å². The van der Waals surface area contributed by atoms with Crippen molar-refractivity contribution in [3.63, 3.8) is 0 Å². The molecule has 2 aromatic rings. The molecule has 0 bridgehead atoms. The third kappa shape index (κ3) is 9.60. The number of benzene rings is 1. The van der Waals surface area contributed by atoms with Gasteiger partial charge in [0.2, 0.25) is 0 Å². The van der Waals surface area contributed by atoms with E-state index in [-0.39, 0.29) is 24.0 Å². The first kappa shape index (κ1) is 25.4. The first-order chi connectivity index (χ1) is 13.6. The van der Waals surface area contributed by atoms with E-state index in [2.05, 4.69) is 61.4 Å². The van der Waals surface area contributed by atoms with Crippen molar-refractivity contribution in [1.29, 1.82) is 0 Å². The SMILES string of the molecule is CN=C(NCCN(C)CCCOC)NCc1cccc(Cn2ccnc2C)c1.I. The van der Waals surface area contributed by atoms with Crippen molar-refractivity contribution in [1.82, 2.24) is 25.1 Å². The van der Waals surface area contributed by atoms with Crippen molar-refractivity contribution < 1.29 is 4.74 Å². The largest absolute Gasteiger partial charge is 0.385 e. The average molecular weight is 514 g/mol. The minimum atomic E-state index is 0. The maximum Gasteiger partial charge on any atom is 0.191 e. The molecule has 7 nitrogen and oxygen atoms in total. The first-order valence-electron chi connectivity index (χ1n) is 9.80. The minimum absolute atomic E-state index is 0. The lowest BCUT2D eigenvalue weighted by Gasteiger charge is -2.18. The van der Waals surface area contributed by atoms with E-state index in [1.54, 1.807) is 14.2 Å². The molecule has 0 aliphatic rings. The van der Waals surface area contributed by atoms with Crippen molar-refractivity contribution >= 4 is 29.9 Å². The summed E-state index contributed by atoms with van der Waals surface area (Å²) in [6.45, 7) is 7.25. The summed E-state index contributed by atoms with van der Waals surface area (Å²) >= 11 is 0. The smallest absolute Gasteiger partial charge is 0.191 e. The Hall–Kier alpha value is -1.65. The van der Waals surface area contributed by atoms with Crippen molar-refractivity contribution in [2.24, 2.45) is 4.99 Å². The van der Waals surface area contributed by atoms with E-state index in [4.69, 9.17) is 4.74 Å². The molecule has 0 radical (unpaired) electrons. The molecule has 8 heteroatoms. The Morgan fingerprint density at radius 2 is 2.03 bits per heavy atom. The summed E-state index contributed by atoms with van der Waals surface area (Å²) in [4.78, 5) is 10.9. The van der Waals surface area contributed by atoms with Gasteiger partial charge in [-0.2, -0.15) is 0 Å². The number of guanidine groups is 1. The molecule has 162 valence electrons. The number of imidazole rings is 1. The zero-order chi connectivity index (χ0) is 20.2. The molecule has 1 aromatic carbocycles. The van der Waals surface area contributed by atoms with E-state index in [0.717, 1.165) is 57.5 Å². The van der Waals surface area contributed by atoms with Gasteiger partial charge in [0.25, 0.3) is 0 Å². The fraction of sp³-hybridized carbons (Fsp3) is 0.524. The van der Waals surface area contributed by atoms with E-state index in [9.17, 15) is 0 Å². The molecular formula is C21H35IN6O. The highest BCUT2D eigenvalue weighted by molar-refractivity contribution is 14.0. The van der Waals surface area contributed by atoms with Gasteiger partial charge in [-0.05, 0) is 31.5 Å². The van der Waals surface area contributed by atoms with Crippen LogP contribution in [0.5, 0.6) is 0 Å². The lowest BCUT2D eigenvalue weighted by Crippen LogP contribution is -2.40. The van der Waals surface area contributed by atoms with E-state index in [1.807, 2.05) is 19.3 Å². The lowest BCUT2D eigenvalue weighted by atomic mass is 10.1. The number of methoxy groups -OCH3 is 1. The number of halogens is 1. The van der Waals surface area contributed by atoms with Gasteiger partial charge in [0.05, 0.1) is 0 Å². The molecule has 0 atom stereocenters. The van der Waals surface area contributed by atoms with Crippen LogP contribution in [-0.2, 0) is 17.8 Å². The van der Waals surface area contributed by atoms with Crippen LogP contribution < -0.4 is 10.6 Å². The number of ether oxygens (including phenoxy) is 1. The van der Waals surface area contributed by atoms with E-state index in [0.29, 0.717) is 0 Å². The van der Waals surface area contributed by atoms with Crippen LogP contribution in [0.3, 0.4) is 0 Å². The Kier molecular flexibility index (Phi) is 12.6. The van der Waals surface area contributed by atoms with Crippen LogP contribution >= 0.6 is 24.0 Å². The zero-order valence-electron chi connectivity index (χ0n) is 18.0. The summed E-state index contributed by atoms with van der Waals surface area (Å²) in [7, 11) is 5.67. The normalized spacial score (nSPS) is 11.4. The van der Waals surface area contributed by atoms with Gasteiger partial charge in [-0.3, -0.25) is 4.99 Å². The van der Waals surface area contributed by atoms with E-state index < -0.39 is 0 Å². The quantitative estimate of drug-likeness (QED) is 0.209. The number of hydrogen-bond donors (Lipinski definition) is 2. The fourth-order valence-corrected chi connectivity index (χ4v) is 2.97. The highest BCUT2D eigenvalue weighted by Gasteiger charge is 2.03. The van der Waals surface area contributed by atoms with Crippen molar-refractivity contribution in [2.75, 3.05) is 47.4 Å². The number of hydrogen-bond acceptors (Lipinski definition) is 4. The zero-order valence-corrected chi connectivity index (χ0v) is 20.3. The Balaban J connectivity index is 0.00000420. The average Bonchev–Trinajstić information content (AvgIpc) is 3.09. The molecular weight excluding hydrogens is 479 g/mol. The number of aromatic nitrogens is 2. The topological polar surface area (TPSA) is 66.7 Å². The van der Waals surface area contributed by atoms with Gasteiger partial charge in [-0.25, -0.2) is 4.98 Å². The Bertz CT molecular complexity index is 733. The number of rotatable bonds is 11. The summed E-state index contributed by atoms with van der Waals surface area (Å²) in [6, 6.07) is 8.61. The van der Waals surface area contributed by atoms with Crippen LogP contribution in [0.4, 0.5) is 0 Å². The van der Waals surface area contributed by atoms with Gasteiger partial charge in [0.1, 0.15) is 5.82 Å². The maximum absolute atomic E-state index is 5.09. The van der Waals surface area contributed by atoms with E-state index in [1.165, 1.54) is 11.1 Å². The molecule has 2 rings (SSSR count). The summed E-state index contributed by atoms with van der Waals surface area (Å²) in [5.41, 5.74) is 2.50. The number of aliphatic imine (C=N–C) groups is 1. The molecule has 29 heavy (non-hydrogen) atoms. The highest BCUT2D eigenvalue weighted by Crippen LogP contribution is 2.08. The number of nitrogens with zero attached hydrogens (tertiary/aromatic N) is 4. The summed E-state index contributed by atoms with van der Waals surface area (Å²) < 4.78 is 7.24. The molecule has 0 spiro atoms. The van der Waals surface area contributed by atoms with Gasteiger partial charge in [-0.15, -0.1) is 24.0 Å². The second-order valence-electron chi connectivity index (χ2n) is 6.92. The second kappa shape index (κ2) is 14.4. The molecule has 0 amide bonds. The van der Waals surface area contributed by atoms with Gasteiger partial charge >= 0.3 is 0 Å². The number of likely N-dealkylation sites (N-methyl/N-ethyl adjacent to an activating group) is 1. The summed E-state index contributed by atoms with van der Waals surface area (Å²) in [5, 5.41) is 6.76. The molecule has 0 saturated heterocycles. The molecule has 2 N–H and O–H groups in total. The van der Waals surface area contributed by atoms with Gasteiger partial charge in [-0.1, -0.05) is 24.3 Å². The van der Waals surface area contributed by atoms with Crippen LogP contribution in [0.1, 0.15) is 23.4 Å². The third-order valence-electron chi connectivity index (χ3n) is 4.63. The number of aryl methyl sites for hydroxylation is 1. The third-order valence-corrected chi connectivity index (χ3v) is 4.63. The molecule has 0 aliphatic carbocycles.